The maximum atomic E-state index is 14.0. The van der Waals surface area contributed by atoms with Gasteiger partial charge >= 0.3 is 0 Å². The Labute approximate surface area is 120 Å². The lowest BCUT2D eigenvalue weighted by Gasteiger charge is -2.05. The van der Waals surface area contributed by atoms with Crippen molar-refractivity contribution in [3.05, 3.63) is 34.5 Å². The SMILES string of the molecule is COCc1c(C(=O)NCCCN)sc2cccc(F)c12. The van der Waals surface area contributed by atoms with Crippen molar-refractivity contribution in [3.63, 3.8) is 0 Å². The summed E-state index contributed by atoms with van der Waals surface area (Å²) in [4.78, 5) is 12.7. The van der Waals surface area contributed by atoms with Crippen LogP contribution in [0.4, 0.5) is 4.39 Å². The second kappa shape index (κ2) is 6.78. The van der Waals surface area contributed by atoms with Gasteiger partial charge in [0.15, 0.2) is 0 Å². The summed E-state index contributed by atoms with van der Waals surface area (Å²) < 4.78 is 19.8. The van der Waals surface area contributed by atoms with Gasteiger partial charge < -0.3 is 15.8 Å². The van der Waals surface area contributed by atoms with Gasteiger partial charge in [-0.15, -0.1) is 11.3 Å². The summed E-state index contributed by atoms with van der Waals surface area (Å²) in [6.07, 6.45) is 0.713. The molecule has 0 radical (unpaired) electrons. The molecule has 1 aromatic heterocycles. The normalized spacial score (nSPS) is 10.9. The highest BCUT2D eigenvalue weighted by molar-refractivity contribution is 7.21. The minimum Gasteiger partial charge on any atom is -0.380 e. The van der Waals surface area contributed by atoms with Gasteiger partial charge in [-0.1, -0.05) is 6.07 Å². The fourth-order valence-electron chi connectivity index (χ4n) is 2.02. The van der Waals surface area contributed by atoms with Crippen LogP contribution in [0.15, 0.2) is 18.2 Å². The Morgan fingerprint density at radius 3 is 3.00 bits per heavy atom. The van der Waals surface area contributed by atoms with E-state index >= 15 is 0 Å². The van der Waals surface area contributed by atoms with Gasteiger partial charge in [-0.05, 0) is 25.1 Å². The van der Waals surface area contributed by atoms with E-state index in [1.54, 1.807) is 12.1 Å². The number of amides is 1. The molecule has 0 atom stereocenters. The van der Waals surface area contributed by atoms with E-state index in [0.29, 0.717) is 35.3 Å². The van der Waals surface area contributed by atoms with Crippen molar-refractivity contribution < 1.29 is 13.9 Å². The number of carbonyl (C=O) groups is 1. The smallest absolute Gasteiger partial charge is 0.261 e. The molecule has 0 fully saturated rings. The van der Waals surface area contributed by atoms with Gasteiger partial charge in [0.1, 0.15) is 5.82 Å². The molecule has 6 heteroatoms. The highest BCUT2D eigenvalue weighted by Gasteiger charge is 2.20. The Kier molecular flexibility index (Phi) is 5.05. The number of nitrogens with two attached hydrogens (primary N) is 1. The van der Waals surface area contributed by atoms with E-state index in [-0.39, 0.29) is 18.3 Å². The lowest BCUT2D eigenvalue weighted by Crippen LogP contribution is -2.26. The van der Waals surface area contributed by atoms with Crippen molar-refractivity contribution in [2.24, 2.45) is 5.73 Å². The zero-order chi connectivity index (χ0) is 14.5. The van der Waals surface area contributed by atoms with E-state index in [1.165, 1.54) is 24.5 Å². The molecular weight excluding hydrogens is 279 g/mol. The number of rotatable bonds is 6. The molecule has 1 amide bonds. The molecule has 0 spiro atoms. The molecule has 0 aliphatic rings. The number of methoxy groups -OCH3 is 1. The number of fused-ring (bicyclic) bond motifs is 1. The number of carbonyl (C=O) groups excluding carboxylic acids is 1. The molecule has 2 rings (SSSR count). The van der Waals surface area contributed by atoms with Crippen LogP contribution >= 0.6 is 11.3 Å². The Bertz CT molecular complexity index is 612. The van der Waals surface area contributed by atoms with Gasteiger partial charge in [0, 0.05) is 29.3 Å². The zero-order valence-corrected chi connectivity index (χ0v) is 12.1. The number of halogens is 1. The predicted molar refractivity (Wildman–Crippen MR) is 78.5 cm³/mol. The summed E-state index contributed by atoms with van der Waals surface area (Å²) in [5, 5.41) is 3.27. The van der Waals surface area contributed by atoms with Crippen molar-refractivity contribution >= 4 is 27.3 Å². The highest BCUT2D eigenvalue weighted by atomic mass is 32.1. The van der Waals surface area contributed by atoms with Crippen LogP contribution in [0.1, 0.15) is 21.7 Å². The van der Waals surface area contributed by atoms with Crippen molar-refractivity contribution in [3.8, 4) is 0 Å². The Hall–Kier alpha value is -1.50. The Balaban J connectivity index is 2.39. The summed E-state index contributed by atoms with van der Waals surface area (Å²) in [5.41, 5.74) is 6.00. The molecule has 2 aromatic rings. The van der Waals surface area contributed by atoms with Crippen LogP contribution in [0.3, 0.4) is 0 Å². The Morgan fingerprint density at radius 2 is 2.30 bits per heavy atom. The van der Waals surface area contributed by atoms with E-state index in [1.807, 2.05) is 0 Å². The predicted octanol–water partition coefficient (Wildman–Crippen LogP) is 2.27. The molecule has 0 aliphatic heterocycles. The molecule has 0 bridgehead atoms. The van der Waals surface area contributed by atoms with E-state index < -0.39 is 0 Å². The number of ether oxygens (including phenoxy) is 1. The standard InChI is InChI=1S/C14H17FN2O2S/c1-19-8-9-12-10(15)4-2-5-11(12)20-13(9)14(18)17-7-3-6-16/h2,4-5H,3,6-8,16H2,1H3,(H,17,18). The number of nitrogens with one attached hydrogen (secondary N) is 1. The van der Waals surface area contributed by atoms with Crippen LogP contribution in [0, 0.1) is 5.82 Å². The molecule has 3 N–H and O–H groups in total. The zero-order valence-electron chi connectivity index (χ0n) is 11.2. The first-order chi connectivity index (χ1) is 9.69. The van der Waals surface area contributed by atoms with Crippen LogP contribution in [-0.4, -0.2) is 26.1 Å². The second-order valence-electron chi connectivity index (χ2n) is 4.35. The third-order valence-corrected chi connectivity index (χ3v) is 4.12. The summed E-state index contributed by atoms with van der Waals surface area (Å²) >= 11 is 1.28. The van der Waals surface area contributed by atoms with Crippen molar-refractivity contribution in [1.29, 1.82) is 0 Å². The van der Waals surface area contributed by atoms with Crippen molar-refractivity contribution in [2.45, 2.75) is 13.0 Å². The number of hydrogen-bond acceptors (Lipinski definition) is 4. The number of benzene rings is 1. The van der Waals surface area contributed by atoms with Gasteiger partial charge in [-0.25, -0.2) is 4.39 Å². The molecule has 0 aliphatic carbocycles. The first-order valence-corrected chi connectivity index (χ1v) is 7.17. The summed E-state index contributed by atoms with van der Waals surface area (Å²) in [6, 6.07) is 4.84. The van der Waals surface area contributed by atoms with E-state index in [2.05, 4.69) is 5.32 Å². The first-order valence-electron chi connectivity index (χ1n) is 6.36. The van der Waals surface area contributed by atoms with Crippen LogP contribution in [-0.2, 0) is 11.3 Å². The lowest BCUT2D eigenvalue weighted by molar-refractivity contribution is 0.0953. The minimum absolute atomic E-state index is 0.203. The molecule has 0 unspecified atom stereocenters. The van der Waals surface area contributed by atoms with E-state index in [0.717, 1.165) is 4.70 Å². The summed E-state index contributed by atoms with van der Waals surface area (Å²) in [5.74, 6) is -0.530. The second-order valence-corrected chi connectivity index (χ2v) is 5.41. The fourth-order valence-corrected chi connectivity index (χ4v) is 3.16. The van der Waals surface area contributed by atoms with Gasteiger partial charge in [0.2, 0.25) is 0 Å². The maximum Gasteiger partial charge on any atom is 0.261 e. The molecule has 1 heterocycles. The van der Waals surface area contributed by atoms with Gasteiger partial charge in [-0.3, -0.25) is 4.79 Å². The van der Waals surface area contributed by atoms with E-state index in [4.69, 9.17) is 10.5 Å². The monoisotopic (exact) mass is 296 g/mol. The molecular formula is C14H17FN2O2S. The summed E-state index contributed by atoms with van der Waals surface area (Å²) in [7, 11) is 1.53. The summed E-state index contributed by atoms with van der Waals surface area (Å²) in [6.45, 7) is 1.24. The molecule has 108 valence electrons. The third kappa shape index (κ3) is 2.98. The number of hydrogen-bond donors (Lipinski definition) is 2. The molecule has 4 nitrogen and oxygen atoms in total. The number of thiophene rings is 1. The lowest BCUT2D eigenvalue weighted by atomic mass is 10.1. The average Bonchev–Trinajstić information content (AvgIpc) is 2.80. The van der Waals surface area contributed by atoms with Gasteiger partial charge in [0.05, 0.1) is 11.5 Å². The molecule has 0 saturated carbocycles. The molecule has 0 saturated heterocycles. The van der Waals surface area contributed by atoms with Crippen LogP contribution in [0.2, 0.25) is 0 Å². The molecule has 1 aromatic carbocycles. The Morgan fingerprint density at radius 1 is 1.50 bits per heavy atom. The van der Waals surface area contributed by atoms with Crippen molar-refractivity contribution in [1.82, 2.24) is 5.32 Å². The van der Waals surface area contributed by atoms with Crippen LogP contribution < -0.4 is 11.1 Å². The highest BCUT2D eigenvalue weighted by Crippen LogP contribution is 2.33. The average molecular weight is 296 g/mol. The minimum atomic E-state index is -0.327. The van der Waals surface area contributed by atoms with Crippen LogP contribution in [0.25, 0.3) is 10.1 Å². The fraction of sp³-hybridized carbons (Fsp3) is 0.357. The topological polar surface area (TPSA) is 64.3 Å². The van der Waals surface area contributed by atoms with E-state index in [9.17, 15) is 9.18 Å². The maximum absolute atomic E-state index is 14.0. The van der Waals surface area contributed by atoms with Crippen LogP contribution in [0.5, 0.6) is 0 Å². The quantitative estimate of drug-likeness (QED) is 0.804. The largest absolute Gasteiger partial charge is 0.380 e. The van der Waals surface area contributed by atoms with Gasteiger partial charge in [0.25, 0.3) is 5.91 Å². The third-order valence-electron chi connectivity index (χ3n) is 2.92. The molecule has 20 heavy (non-hydrogen) atoms. The first kappa shape index (κ1) is 14.9. The van der Waals surface area contributed by atoms with Gasteiger partial charge in [-0.2, -0.15) is 0 Å². The van der Waals surface area contributed by atoms with Crippen molar-refractivity contribution in [2.75, 3.05) is 20.2 Å².